The van der Waals surface area contributed by atoms with E-state index in [0.717, 1.165) is 0 Å². The van der Waals surface area contributed by atoms with Crippen molar-refractivity contribution in [1.82, 2.24) is 0 Å². The van der Waals surface area contributed by atoms with Crippen molar-refractivity contribution in [2.45, 2.75) is 18.9 Å². The summed E-state index contributed by atoms with van der Waals surface area (Å²) in [6.45, 7) is 4.81. The highest BCUT2D eigenvalue weighted by Gasteiger charge is 2.24. The Labute approximate surface area is 48.5 Å². The molecule has 0 rings (SSSR count). The predicted molar refractivity (Wildman–Crippen MR) is 29.8 cm³/mol. The zero-order valence-corrected chi connectivity index (χ0v) is 4.85. The van der Waals surface area contributed by atoms with Gasteiger partial charge in [0.25, 0.3) is 0 Å². The van der Waals surface area contributed by atoms with E-state index >= 15 is 0 Å². The Morgan fingerprint density at radius 3 is 2.38 bits per heavy atom. The summed E-state index contributed by atoms with van der Waals surface area (Å²) in [5.74, 6) is -0.778. The van der Waals surface area contributed by atoms with Gasteiger partial charge in [-0.05, 0) is 13.3 Å². The first kappa shape index (κ1) is 7.43. The highest BCUT2D eigenvalue weighted by atomic mass is 16.3. The molecule has 47 valence electrons. The van der Waals surface area contributed by atoms with Gasteiger partial charge in [-0.25, -0.2) is 0 Å². The molecule has 3 nitrogen and oxygen atoms in total. The largest absolute Gasteiger partial charge is 0.380 e. The molecule has 0 aromatic rings. The summed E-state index contributed by atoms with van der Waals surface area (Å²) in [4.78, 5) is 10.2. The third kappa shape index (κ3) is 1.50. The van der Waals surface area contributed by atoms with Crippen molar-refractivity contribution in [2.24, 2.45) is 5.73 Å². The molecule has 1 unspecified atom stereocenters. The Bertz CT molecular complexity index is 98.6. The van der Waals surface area contributed by atoms with Gasteiger partial charge in [-0.1, -0.05) is 6.92 Å². The normalized spacial score (nSPS) is 17.4. The number of carbonyl (C=O) groups is 1. The van der Waals surface area contributed by atoms with Crippen molar-refractivity contribution < 1.29 is 9.90 Å². The lowest BCUT2D eigenvalue weighted by Crippen LogP contribution is -2.40. The number of carbonyl (C=O) groups excluding carboxylic acids is 1. The molecule has 0 spiro atoms. The predicted octanol–water partition coefficient (Wildman–Crippen LogP) is -0.553. The van der Waals surface area contributed by atoms with E-state index in [9.17, 15) is 4.79 Å². The van der Waals surface area contributed by atoms with Crippen LogP contribution in [0.5, 0.6) is 0 Å². The van der Waals surface area contributed by atoms with Crippen LogP contribution in [0, 0.1) is 6.92 Å². The lowest BCUT2D eigenvalue weighted by molar-refractivity contribution is -0.132. The van der Waals surface area contributed by atoms with Gasteiger partial charge in [0.1, 0.15) is 5.60 Å². The number of hydrogen-bond acceptors (Lipinski definition) is 2. The maximum atomic E-state index is 10.2. The quantitative estimate of drug-likeness (QED) is 0.508. The van der Waals surface area contributed by atoms with Gasteiger partial charge in [-0.3, -0.25) is 4.79 Å². The van der Waals surface area contributed by atoms with Crippen LogP contribution in [0.4, 0.5) is 0 Å². The highest BCUT2D eigenvalue weighted by molar-refractivity contribution is 5.83. The average molecular weight is 116 g/mol. The molecule has 1 atom stereocenters. The summed E-state index contributed by atoms with van der Waals surface area (Å²) < 4.78 is 0. The van der Waals surface area contributed by atoms with E-state index in [1.54, 1.807) is 6.92 Å². The summed E-state index contributed by atoms with van der Waals surface area (Å²) in [6.07, 6.45) is 0.252. The Morgan fingerprint density at radius 2 is 2.38 bits per heavy atom. The van der Waals surface area contributed by atoms with Crippen LogP contribution in [0.3, 0.4) is 0 Å². The van der Waals surface area contributed by atoms with Crippen molar-refractivity contribution in [3.8, 4) is 0 Å². The van der Waals surface area contributed by atoms with E-state index < -0.39 is 11.5 Å². The molecule has 0 saturated carbocycles. The second kappa shape index (κ2) is 2.13. The third-order valence-corrected chi connectivity index (χ3v) is 1.04. The van der Waals surface area contributed by atoms with Gasteiger partial charge in [0.2, 0.25) is 5.91 Å². The average Bonchev–Trinajstić information content (AvgIpc) is 1.67. The third-order valence-electron chi connectivity index (χ3n) is 1.04. The molecule has 0 fully saturated rings. The van der Waals surface area contributed by atoms with Gasteiger partial charge in [0, 0.05) is 0 Å². The molecule has 1 amide bonds. The number of primary amides is 1. The smallest absolute Gasteiger partial charge is 0.249 e. The van der Waals surface area contributed by atoms with Gasteiger partial charge in [0.15, 0.2) is 0 Å². The minimum absolute atomic E-state index is 0.252. The first-order valence-corrected chi connectivity index (χ1v) is 2.38. The first-order chi connectivity index (χ1) is 3.50. The number of aliphatic hydroxyl groups is 1. The van der Waals surface area contributed by atoms with Crippen molar-refractivity contribution in [2.75, 3.05) is 0 Å². The van der Waals surface area contributed by atoms with E-state index in [-0.39, 0.29) is 6.42 Å². The lowest BCUT2D eigenvalue weighted by atomic mass is 10.0. The first-order valence-electron chi connectivity index (χ1n) is 2.38. The van der Waals surface area contributed by atoms with Gasteiger partial charge in [-0.2, -0.15) is 0 Å². The Hall–Kier alpha value is -0.570. The molecule has 8 heavy (non-hydrogen) atoms. The molecule has 1 radical (unpaired) electrons. The maximum absolute atomic E-state index is 10.2. The van der Waals surface area contributed by atoms with E-state index in [1.165, 1.54) is 0 Å². The molecule has 3 heteroatoms. The topological polar surface area (TPSA) is 63.3 Å². The summed E-state index contributed by atoms with van der Waals surface area (Å²) in [5, 5.41) is 8.81. The molecule has 0 aromatic heterocycles. The number of rotatable bonds is 2. The maximum Gasteiger partial charge on any atom is 0.249 e. The lowest BCUT2D eigenvalue weighted by Gasteiger charge is -2.14. The molecule has 0 aromatic carbocycles. The van der Waals surface area contributed by atoms with E-state index in [4.69, 9.17) is 10.8 Å². The van der Waals surface area contributed by atoms with Crippen LogP contribution in [-0.4, -0.2) is 16.6 Å². The van der Waals surface area contributed by atoms with Crippen LogP contribution in [0.1, 0.15) is 13.3 Å². The Morgan fingerprint density at radius 1 is 2.00 bits per heavy atom. The second-order valence-corrected chi connectivity index (χ2v) is 1.75. The summed E-state index contributed by atoms with van der Waals surface area (Å²) in [6, 6.07) is 0. The van der Waals surface area contributed by atoms with Gasteiger partial charge < -0.3 is 10.8 Å². The second-order valence-electron chi connectivity index (χ2n) is 1.75. The van der Waals surface area contributed by atoms with E-state index in [1.807, 2.05) is 0 Å². The van der Waals surface area contributed by atoms with Crippen molar-refractivity contribution >= 4 is 5.91 Å². The minimum atomic E-state index is -1.57. The van der Waals surface area contributed by atoms with Crippen LogP contribution >= 0.6 is 0 Å². The fourth-order valence-electron chi connectivity index (χ4n) is 0.174. The monoisotopic (exact) mass is 116 g/mol. The summed E-state index contributed by atoms with van der Waals surface area (Å²) in [5.41, 5.74) is 3.16. The fourth-order valence-corrected chi connectivity index (χ4v) is 0.174. The van der Waals surface area contributed by atoms with E-state index in [0.29, 0.717) is 0 Å². The molecule has 0 bridgehead atoms. The van der Waals surface area contributed by atoms with Gasteiger partial charge in [0.05, 0.1) is 0 Å². The highest BCUT2D eigenvalue weighted by Crippen LogP contribution is 2.04. The fraction of sp³-hybridized carbons (Fsp3) is 0.600. The zero-order valence-electron chi connectivity index (χ0n) is 4.85. The number of nitrogens with two attached hydrogens (primary N) is 1. The molecule has 3 N–H and O–H groups in total. The Balaban J connectivity index is 3.91. The molecular formula is C5H10NO2. The van der Waals surface area contributed by atoms with Gasteiger partial charge in [-0.15, -0.1) is 0 Å². The van der Waals surface area contributed by atoms with Crippen LogP contribution in [0.15, 0.2) is 0 Å². The molecule has 0 saturated heterocycles. The molecule has 0 aliphatic carbocycles. The minimum Gasteiger partial charge on any atom is -0.380 e. The van der Waals surface area contributed by atoms with Crippen molar-refractivity contribution in [3.05, 3.63) is 6.92 Å². The summed E-state index contributed by atoms with van der Waals surface area (Å²) in [7, 11) is 0. The number of amides is 1. The SMILES string of the molecule is [CH2]C(O)(CC)C(N)=O. The van der Waals surface area contributed by atoms with Crippen LogP contribution in [-0.2, 0) is 4.79 Å². The van der Waals surface area contributed by atoms with Crippen molar-refractivity contribution in [1.29, 1.82) is 0 Å². The standard InChI is InChI=1S/C5H10NO2/c1-3-5(2,8)4(6)7/h8H,2-3H2,1H3,(H2,6,7). The molecule has 0 aliphatic heterocycles. The number of hydrogen-bond donors (Lipinski definition) is 2. The van der Waals surface area contributed by atoms with E-state index in [2.05, 4.69) is 6.92 Å². The molecule has 0 heterocycles. The molecule has 0 aliphatic rings. The Kier molecular flexibility index (Phi) is 1.98. The zero-order chi connectivity index (χ0) is 6.78. The van der Waals surface area contributed by atoms with Gasteiger partial charge >= 0.3 is 0 Å². The summed E-state index contributed by atoms with van der Waals surface area (Å²) >= 11 is 0. The van der Waals surface area contributed by atoms with Crippen LogP contribution in [0.2, 0.25) is 0 Å². The van der Waals surface area contributed by atoms with Crippen LogP contribution < -0.4 is 5.73 Å². The molecular weight excluding hydrogens is 106 g/mol. The van der Waals surface area contributed by atoms with Crippen molar-refractivity contribution in [3.63, 3.8) is 0 Å². The van der Waals surface area contributed by atoms with Crippen LogP contribution in [0.25, 0.3) is 0 Å².